The summed E-state index contributed by atoms with van der Waals surface area (Å²) < 4.78 is 0. The van der Waals surface area contributed by atoms with Crippen LogP contribution in [0, 0.1) is 0 Å². The molecule has 0 aliphatic heterocycles. The van der Waals surface area contributed by atoms with Gasteiger partial charge < -0.3 is 5.32 Å². The van der Waals surface area contributed by atoms with Crippen LogP contribution in [0.4, 0.5) is 11.4 Å². The highest BCUT2D eigenvalue weighted by Crippen LogP contribution is 2.22. The number of nitrogens with one attached hydrogen (secondary N) is 1. The number of hydrogen-bond donors (Lipinski definition) is 1. The summed E-state index contributed by atoms with van der Waals surface area (Å²) in [7, 11) is 0. The summed E-state index contributed by atoms with van der Waals surface area (Å²) in [4.78, 5) is 0. The van der Waals surface area contributed by atoms with Gasteiger partial charge in [0.05, 0.1) is 0 Å². The fourth-order valence-corrected chi connectivity index (χ4v) is 3.22. The molecule has 0 aliphatic carbocycles. The molecule has 29 heavy (non-hydrogen) atoms. The predicted molar refractivity (Wildman–Crippen MR) is 126 cm³/mol. The maximum atomic E-state index is 3.40. The van der Waals surface area contributed by atoms with E-state index in [0.717, 1.165) is 11.4 Å². The molecule has 5 aromatic rings. The van der Waals surface area contributed by atoms with Crippen molar-refractivity contribution in [2.24, 2.45) is 0 Å². The van der Waals surface area contributed by atoms with Gasteiger partial charge in [-0.15, -0.1) is 0 Å². The summed E-state index contributed by atoms with van der Waals surface area (Å²) in [5.41, 5.74) is 4.79. The van der Waals surface area contributed by atoms with Crippen molar-refractivity contribution in [3.8, 4) is 11.1 Å². The average Bonchev–Trinajstić information content (AvgIpc) is 2.81. The highest BCUT2D eigenvalue weighted by Gasteiger charge is 1.96. The Morgan fingerprint density at radius 1 is 0.345 bits per heavy atom. The first-order valence-electron chi connectivity index (χ1n) is 9.80. The van der Waals surface area contributed by atoms with E-state index in [4.69, 9.17) is 0 Å². The van der Waals surface area contributed by atoms with E-state index in [-0.39, 0.29) is 0 Å². The van der Waals surface area contributed by atoms with Crippen LogP contribution in [0.2, 0.25) is 0 Å². The van der Waals surface area contributed by atoms with E-state index in [9.17, 15) is 0 Å². The zero-order chi connectivity index (χ0) is 19.7. The van der Waals surface area contributed by atoms with Gasteiger partial charge in [-0.25, -0.2) is 0 Å². The molecule has 0 unspecified atom stereocenters. The Bertz CT molecular complexity index is 1110. The second-order valence-electron chi connectivity index (χ2n) is 6.79. The average molecular weight is 373 g/mol. The zero-order valence-electron chi connectivity index (χ0n) is 16.2. The summed E-state index contributed by atoms with van der Waals surface area (Å²) in [6.07, 6.45) is 0. The second kappa shape index (κ2) is 9.38. The first-order chi connectivity index (χ1) is 14.4. The minimum atomic E-state index is 1.11. The van der Waals surface area contributed by atoms with Crippen LogP contribution >= 0.6 is 0 Å². The highest BCUT2D eigenvalue weighted by atomic mass is 14.9. The Hall–Kier alpha value is -3.84. The SMILES string of the molecule is c1ccc(-c2ccccc2)cc1.c1ccc(Nc2ccc3ccccc3c2)cc1. The summed E-state index contributed by atoms with van der Waals surface area (Å²) in [6, 6.07) is 45.8. The molecule has 0 radical (unpaired) electrons. The van der Waals surface area contributed by atoms with Crippen molar-refractivity contribution in [3.05, 3.63) is 133 Å². The van der Waals surface area contributed by atoms with Crippen molar-refractivity contribution < 1.29 is 0 Å². The zero-order valence-corrected chi connectivity index (χ0v) is 16.2. The number of fused-ring (bicyclic) bond motifs is 1. The van der Waals surface area contributed by atoms with Crippen molar-refractivity contribution in [1.29, 1.82) is 0 Å². The molecule has 0 heterocycles. The van der Waals surface area contributed by atoms with Crippen molar-refractivity contribution >= 4 is 22.1 Å². The van der Waals surface area contributed by atoms with Crippen LogP contribution in [-0.2, 0) is 0 Å². The van der Waals surface area contributed by atoms with Gasteiger partial charge in [0.25, 0.3) is 0 Å². The fourth-order valence-electron chi connectivity index (χ4n) is 3.22. The predicted octanol–water partition coefficient (Wildman–Crippen LogP) is 7.94. The van der Waals surface area contributed by atoms with Gasteiger partial charge in [0, 0.05) is 11.4 Å². The van der Waals surface area contributed by atoms with Gasteiger partial charge in [-0.2, -0.15) is 0 Å². The molecule has 0 atom stereocenters. The molecule has 0 aliphatic rings. The maximum absolute atomic E-state index is 3.40. The van der Waals surface area contributed by atoms with Crippen LogP contribution in [0.1, 0.15) is 0 Å². The number of hydrogen-bond acceptors (Lipinski definition) is 1. The minimum absolute atomic E-state index is 1.11. The van der Waals surface area contributed by atoms with Crippen LogP contribution in [0.15, 0.2) is 133 Å². The number of rotatable bonds is 3. The minimum Gasteiger partial charge on any atom is -0.356 e. The quantitative estimate of drug-likeness (QED) is 0.338. The third kappa shape index (κ3) is 5.12. The second-order valence-corrected chi connectivity index (χ2v) is 6.79. The monoisotopic (exact) mass is 373 g/mol. The van der Waals surface area contributed by atoms with Gasteiger partial charge in [0.2, 0.25) is 0 Å². The van der Waals surface area contributed by atoms with Crippen molar-refractivity contribution in [2.75, 3.05) is 5.32 Å². The first-order valence-corrected chi connectivity index (χ1v) is 9.80. The van der Waals surface area contributed by atoms with E-state index >= 15 is 0 Å². The molecular weight excluding hydrogens is 350 g/mol. The topological polar surface area (TPSA) is 12.0 Å². The van der Waals surface area contributed by atoms with Crippen LogP contribution in [-0.4, -0.2) is 0 Å². The molecule has 0 fully saturated rings. The number of para-hydroxylation sites is 1. The van der Waals surface area contributed by atoms with Gasteiger partial charge in [0.15, 0.2) is 0 Å². The Morgan fingerprint density at radius 2 is 0.828 bits per heavy atom. The molecule has 1 nitrogen and oxygen atoms in total. The lowest BCUT2D eigenvalue weighted by Gasteiger charge is -2.07. The summed E-state index contributed by atoms with van der Waals surface area (Å²) in [6.45, 7) is 0. The van der Waals surface area contributed by atoms with Crippen LogP contribution < -0.4 is 5.32 Å². The van der Waals surface area contributed by atoms with Crippen molar-refractivity contribution in [2.45, 2.75) is 0 Å². The maximum Gasteiger partial charge on any atom is 0.0390 e. The van der Waals surface area contributed by atoms with Gasteiger partial charge in [-0.3, -0.25) is 0 Å². The van der Waals surface area contributed by atoms with Gasteiger partial charge in [0.1, 0.15) is 0 Å². The Balaban J connectivity index is 0.000000150. The molecule has 140 valence electrons. The lowest BCUT2D eigenvalue weighted by molar-refractivity contribution is 1.57. The molecule has 0 bridgehead atoms. The van der Waals surface area contributed by atoms with E-state index in [1.807, 2.05) is 30.3 Å². The van der Waals surface area contributed by atoms with E-state index in [0.29, 0.717) is 0 Å². The molecule has 5 aromatic carbocycles. The Morgan fingerprint density at radius 3 is 1.41 bits per heavy atom. The van der Waals surface area contributed by atoms with Gasteiger partial charge in [-0.1, -0.05) is 109 Å². The summed E-state index contributed by atoms with van der Waals surface area (Å²) in [5.74, 6) is 0. The highest BCUT2D eigenvalue weighted by molar-refractivity contribution is 5.86. The molecular formula is C28H23N. The third-order valence-electron chi connectivity index (χ3n) is 4.69. The van der Waals surface area contributed by atoms with Crippen LogP contribution in [0.25, 0.3) is 21.9 Å². The van der Waals surface area contributed by atoms with Crippen LogP contribution in [0.5, 0.6) is 0 Å². The molecule has 1 N–H and O–H groups in total. The Kier molecular flexibility index (Phi) is 5.99. The van der Waals surface area contributed by atoms with E-state index in [1.165, 1.54) is 21.9 Å². The van der Waals surface area contributed by atoms with Gasteiger partial charge >= 0.3 is 0 Å². The largest absolute Gasteiger partial charge is 0.356 e. The number of anilines is 2. The molecule has 0 amide bonds. The molecule has 0 spiro atoms. The summed E-state index contributed by atoms with van der Waals surface area (Å²) >= 11 is 0. The van der Waals surface area contributed by atoms with Crippen molar-refractivity contribution in [1.82, 2.24) is 0 Å². The molecule has 0 saturated heterocycles. The molecule has 5 rings (SSSR count). The van der Waals surface area contributed by atoms with E-state index in [1.54, 1.807) is 0 Å². The standard InChI is InChI=1S/C16H13N.C12H10/c1-2-8-15(9-3-1)17-16-11-10-13-6-4-5-7-14(13)12-16;1-3-7-11(8-4-1)12-9-5-2-6-10-12/h1-12,17H;1-10H. The Labute approximate surface area is 172 Å². The summed E-state index contributed by atoms with van der Waals surface area (Å²) in [5, 5.41) is 5.92. The third-order valence-corrected chi connectivity index (χ3v) is 4.69. The van der Waals surface area contributed by atoms with Crippen molar-refractivity contribution in [3.63, 3.8) is 0 Å². The molecule has 0 aromatic heterocycles. The smallest absolute Gasteiger partial charge is 0.0390 e. The lowest BCUT2D eigenvalue weighted by Crippen LogP contribution is -1.89. The van der Waals surface area contributed by atoms with E-state index < -0.39 is 0 Å². The van der Waals surface area contributed by atoms with Crippen LogP contribution in [0.3, 0.4) is 0 Å². The van der Waals surface area contributed by atoms with E-state index in [2.05, 4.69) is 108 Å². The molecule has 0 saturated carbocycles. The normalized spacial score (nSPS) is 10.1. The van der Waals surface area contributed by atoms with Gasteiger partial charge in [-0.05, 0) is 46.2 Å². The first kappa shape index (κ1) is 18.5. The molecule has 1 heteroatoms. The fraction of sp³-hybridized carbons (Fsp3) is 0. The number of benzene rings is 5. The lowest BCUT2D eigenvalue weighted by atomic mass is 10.1.